The van der Waals surface area contributed by atoms with Crippen LogP contribution in [0.1, 0.15) is 5.89 Å². The number of morpholine rings is 1. The molecule has 0 atom stereocenters. The fourth-order valence-corrected chi connectivity index (χ4v) is 3.93. The van der Waals surface area contributed by atoms with Crippen molar-refractivity contribution in [3.63, 3.8) is 0 Å². The van der Waals surface area contributed by atoms with E-state index in [9.17, 15) is 4.79 Å². The topological polar surface area (TPSA) is 89.7 Å². The molecule has 1 fully saturated rings. The van der Waals surface area contributed by atoms with Crippen molar-refractivity contribution in [3.8, 4) is 5.75 Å². The van der Waals surface area contributed by atoms with Gasteiger partial charge in [-0.05, 0) is 24.3 Å². The molecule has 0 radical (unpaired) electrons. The maximum absolute atomic E-state index is 12.5. The molecule has 8 nitrogen and oxygen atoms in total. The van der Waals surface area contributed by atoms with Crippen LogP contribution in [0.5, 0.6) is 5.75 Å². The Hall–Kier alpha value is -2.75. The summed E-state index contributed by atoms with van der Waals surface area (Å²) in [4.78, 5) is 14.6. The first kappa shape index (κ1) is 21.5. The summed E-state index contributed by atoms with van der Waals surface area (Å²) in [5.74, 6) is 0.987. The van der Waals surface area contributed by atoms with Crippen LogP contribution in [-0.4, -0.2) is 48.2 Å². The molecule has 0 aliphatic carbocycles. The average Bonchev–Trinajstić information content (AvgIpc) is 3.26. The Bertz CT molecular complexity index is 1010. The van der Waals surface area contributed by atoms with Crippen molar-refractivity contribution in [2.24, 2.45) is 0 Å². The summed E-state index contributed by atoms with van der Waals surface area (Å²) >= 11 is 7.57. The number of aromatic nitrogens is 2. The number of carbonyl (C=O) groups is 1. The minimum atomic E-state index is -0.193. The van der Waals surface area contributed by atoms with Crippen LogP contribution in [0.4, 0.5) is 11.4 Å². The third-order valence-corrected chi connectivity index (χ3v) is 5.59. The Morgan fingerprint density at radius 3 is 2.74 bits per heavy atom. The van der Waals surface area contributed by atoms with Gasteiger partial charge in [0.05, 0.1) is 35.4 Å². The van der Waals surface area contributed by atoms with Gasteiger partial charge in [-0.3, -0.25) is 4.79 Å². The number of anilines is 2. The third-order valence-electron chi connectivity index (χ3n) is 4.47. The Morgan fingerprint density at radius 1 is 1.13 bits per heavy atom. The van der Waals surface area contributed by atoms with Gasteiger partial charge in [0.2, 0.25) is 5.91 Å². The zero-order valence-electron chi connectivity index (χ0n) is 16.6. The summed E-state index contributed by atoms with van der Waals surface area (Å²) in [5.41, 5.74) is 1.48. The lowest BCUT2D eigenvalue weighted by atomic mass is 10.2. The first-order valence-electron chi connectivity index (χ1n) is 9.73. The number of para-hydroxylation sites is 2. The molecule has 0 bridgehead atoms. The van der Waals surface area contributed by atoms with Crippen molar-refractivity contribution >= 4 is 40.6 Å². The number of nitrogens with zero attached hydrogens (tertiary/aromatic N) is 3. The van der Waals surface area contributed by atoms with Gasteiger partial charge in [0.1, 0.15) is 5.75 Å². The summed E-state index contributed by atoms with van der Waals surface area (Å²) < 4.78 is 16.5. The number of benzene rings is 2. The number of hydrogen-bond donors (Lipinski definition) is 1. The predicted molar refractivity (Wildman–Crippen MR) is 119 cm³/mol. The van der Waals surface area contributed by atoms with E-state index in [0.717, 1.165) is 30.5 Å². The van der Waals surface area contributed by atoms with E-state index < -0.39 is 0 Å². The fraction of sp³-hybridized carbons (Fsp3) is 0.286. The van der Waals surface area contributed by atoms with Gasteiger partial charge in [0, 0.05) is 13.1 Å². The molecule has 1 N–H and O–H groups in total. The molecule has 1 amide bonds. The second kappa shape index (κ2) is 10.5. The number of halogens is 1. The summed E-state index contributed by atoms with van der Waals surface area (Å²) in [7, 11) is 0. The van der Waals surface area contributed by atoms with E-state index >= 15 is 0 Å². The summed E-state index contributed by atoms with van der Waals surface area (Å²) in [6.45, 7) is 2.85. The fourth-order valence-electron chi connectivity index (χ4n) is 3.05. The van der Waals surface area contributed by atoms with Gasteiger partial charge in [-0.1, -0.05) is 47.6 Å². The van der Waals surface area contributed by atoms with Crippen LogP contribution >= 0.6 is 23.4 Å². The van der Waals surface area contributed by atoms with Gasteiger partial charge in [0.15, 0.2) is 6.61 Å². The van der Waals surface area contributed by atoms with E-state index in [2.05, 4.69) is 20.4 Å². The predicted octanol–water partition coefficient (Wildman–Crippen LogP) is 3.87. The normalized spacial score (nSPS) is 13.8. The SMILES string of the molecule is O=C(CSc1nnc(COc2ccccc2)o1)Nc1cccc(Cl)c1N1CCOCC1. The largest absolute Gasteiger partial charge is 0.484 e. The minimum Gasteiger partial charge on any atom is -0.484 e. The van der Waals surface area contributed by atoms with Gasteiger partial charge in [-0.15, -0.1) is 10.2 Å². The zero-order chi connectivity index (χ0) is 21.5. The molecule has 1 saturated heterocycles. The van der Waals surface area contributed by atoms with Crippen LogP contribution in [0.15, 0.2) is 58.2 Å². The number of carbonyl (C=O) groups excluding carboxylic acids is 1. The van der Waals surface area contributed by atoms with Gasteiger partial charge in [0.25, 0.3) is 11.1 Å². The molecule has 2 aromatic carbocycles. The summed E-state index contributed by atoms with van der Waals surface area (Å²) in [6.07, 6.45) is 0. The first-order chi connectivity index (χ1) is 15.2. The Morgan fingerprint density at radius 2 is 1.94 bits per heavy atom. The number of amides is 1. The van der Waals surface area contributed by atoms with Crippen LogP contribution < -0.4 is 15.0 Å². The standard InChI is InChI=1S/C21H21ClN4O4S/c22-16-7-4-8-17(20(16)26-9-11-28-12-10-26)23-18(27)14-31-21-25-24-19(30-21)13-29-15-5-2-1-3-6-15/h1-8H,9-14H2,(H,23,27). The van der Waals surface area contributed by atoms with E-state index in [1.54, 1.807) is 0 Å². The lowest BCUT2D eigenvalue weighted by molar-refractivity contribution is -0.113. The maximum atomic E-state index is 12.5. The molecule has 0 spiro atoms. The molecule has 1 aliphatic rings. The van der Waals surface area contributed by atoms with Crippen LogP contribution in [-0.2, 0) is 16.1 Å². The third kappa shape index (κ3) is 5.90. The highest BCUT2D eigenvalue weighted by Gasteiger charge is 2.19. The molecule has 4 rings (SSSR count). The maximum Gasteiger partial charge on any atom is 0.277 e. The quantitative estimate of drug-likeness (QED) is 0.507. The molecule has 1 aromatic heterocycles. The average molecular weight is 461 g/mol. The monoisotopic (exact) mass is 460 g/mol. The molecule has 0 unspecified atom stereocenters. The van der Waals surface area contributed by atoms with E-state index in [0.29, 0.717) is 40.8 Å². The molecule has 162 valence electrons. The number of rotatable bonds is 8. The van der Waals surface area contributed by atoms with Crippen molar-refractivity contribution < 1.29 is 18.7 Å². The van der Waals surface area contributed by atoms with E-state index in [1.807, 2.05) is 48.5 Å². The summed E-state index contributed by atoms with van der Waals surface area (Å²) in [5, 5.41) is 11.7. The van der Waals surface area contributed by atoms with Crippen molar-refractivity contribution in [2.75, 3.05) is 42.3 Å². The van der Waals surface area contributed by atoms with E-state index in [-0.39, 0.29) is 18.3 Å². The van der Waals surface area contributed by atoms with Gasteiger partial charge in [-0.25, -0.2) is 0 Å². The van der Waals surface area contributed by atoms with E-state index in [1.165, 1.54) is 0 Å². The summed E-state index contributed by atoms with van der Waals surface area (Å²) in [6, 6.07) is 14.8. The highest BCUT2D eigenvalue weighted by Crippen LogP contribution is 2.34. The molecule has 1 aliphatic heterocycles. The lowest BCUT2D eigenvalue weighted by Crippen LogP contribution is -2.37. The molecule has 10 heteroatoms. The van der Waals surface area contributed by atoms with E-state index in [4.69, 9.17) is 25.5 Å². The van der Waals surface area contributed by atoms with Gasteiger partial charge in [-0.2, -0.15) is 0 Å². The Labute approximate surface area is 188 Å². The van der Waals surface area contributed by atoms with Gasteiger partial charge < -0.3 is 24.1 Å². The van der Waals surface area contributed by atoms with Crippen molar-refractivity contribution in [1.29, 1.82) is 0 Å². The Kier molecular flexibility index (Phi) is 7.29. The highest BCUT2D eigenvalue weighted by atomic mass is 35.5. The molecule has 2 heterocycles. The second-order valence-corrected chi connectivity index (χ2v) is 7.97. The number of thioether (sulfide) groups is 1. The van der Waals surface area contributed by atoms with Crippen LogP contribution in [0.2, 0.25) is 5.02 Å². The van der Waals surface area contributed by atoms with Crippen molar-refractivity contribution in [2.45, 2.75) is 11.8 Å². The molecular formula is C21H21ClN4O4S. The van der Waals surface area contributed by atoms with Crippen LogP contribution in [0.3, 0.4) is 0 Å². The second-order valence-electron chi connectivity index (χ2n) is 6.64. The molecule has 3 aromatic rings. The number of hydrogen-bond acceptors (Lipinski definition) is 8. The zero-order valence-corrected chi connectivity index (χ0v) is 18.2. The highest BCUT2D eigenvalue weighted by molar-refractivity contribution is 7.99. The Balaban J connectivity index is 1.31. The van der Waals surface area contributed by atoms with Crippen LogP contribution in [0.25, 0.3) is 0 Å². The minimum absolute atomic E-state index is 0.121. The number of nitrogens with one attached hydrogen (secondary N) is 1. The van der Waals surface area contributed by atoms with Crippen LogP contribution in [0, 0.1) is 0 Å². The number of ether oxygens (including phenoxy) is 2. The van der Waals surface area contributed by atoms with Crippen molar-refractivity contribution in [3.05, 3.63) is 59.4 Å². The lowest BCUT2D eigenvalue weighted by Gasteiger charge is -2.31. The van der Waals surface area contributed by atoms with Crippen molar-refractivity contribution in [1.82, 2.24) is 10.2 Å². The molecule has 31 heavy (non-hydrogen) atoms. The first-order valence-corrected chi connectivity index (χ1v) is 11.1. The molecule has 0 saturated carbocycles. The molecular weight excluding hydrogens is 440 g/mol. The smallest absolute Gasteiger partial charge is 0.277 e. The van der Waals surface area contributed by atoms with Gasteiger partial charge >= 0.3 is 0 Å².